The SMILES string of the molecule is CCC1CCC(C(NN)c2cc(OC)ccc2OC)C1. The summed E-state index contributed by atoms with van der Waals surface area (Å²) in [4.78, 5) is 0. The van der Waals surface area contributed by atoms with Crippen LogP contribution in [0.1, 0.15) is 44.2 Å². The first-order chi connectivity index (χ1) is 9.73. The van der Waals surface area contributed by atoms with Crippen LogP contribution in [0.3, 0.4) is 0 Å². The maximum atomic E-state index is 5.84. The van der Waals surface area contributed by atoms with Gasteiger partial charge in [-0.25, -0.2) is 0 Å². The number of hydrogen-bond donors (Lipinski definition) is 2. The van der Waals surface area contributed by atoms with Crippen molar-refractivity contribution in [1.29, 1.82) is 0 Å². The van der Waals surface area contributed by atoms with Gasteiger partial charge in [0.15, 0.2) is 0 Å². The topological polar surface area (TPSA) is 56.5 Å². The minimum atomic E-state index is 0.122. The fourth-order valence-electron chi connectivity index (χ4n) is 3.35. The van der Waals surface area contributed by atoms with Crippen molar-refractivity contribution in [3.8, 4) is 11.5 Å². The Kier molecular flexibility index (Phi) is 5.26. The Morgan fingerprint density at radius 3 is 2.65 bits per heavy atom. The van der Waals surface area contributed by atoms with Crippen LogP contribution >= 0.6 is 0 Å². The lowest BCUT2D eigenvalue weighted by atomic mass is 9.90. The molecule has 4 nitrogen and oxygen atoms in total. The average Bonchev–Trinajstić information content (AvgIpc) is 2.96. The van der Waals surface area contributed by atoms with Crippen molar-refractivity contribution in [3.63, 3.8) is 0 Å². The Labute approximate surface area is 121 Å². The van der Waals surface area contributed by atoms with Gasteiger partial charge >= 0.3 is 0 Å². The van der Waals surface area contributed by atoms with Gasteiger partial charge in [0.1, 0.15) is 11.5 Å². The van der Waals surface area contributed by atoms with E-state index < -0.39 is 0 Å². The zero-order chi connectivity index (χ0) is 14.5. The van der Waals surface area contributed by atoms with Crippen molar-refractivity contribution in [2.45, 2.75) is 38.6 Å². The highest BCUT2D eigenvalue weighted by atomic mass is 16.5. The van der Waals surface area contributed by atoms with E-state index in [2.05, 4.69) is 12.3 Å². The molecule has 0 spiro atoms. The predicted octanol–water partition coefficient (Wildman–Crippen LogP) is 3.03. The average molecular weight is 278 g/mol. The maximum Gasteiger partial charge on any atom is 0.123 e. The Balaban J connectivity index is 2.26. The van der Waals surface area contributed by atoms with E-state index in [0.717, 1.165) is 23.0 Å². The molecule has 2 rings (SSSR count). The molecule has 20 heavy (non-hydrogen) atoms. The molecule has 1 aromatic carbocycles. The lowest BCUT2D eigenvalue weighted by Crippen LogP contribution is -2.33. The van der Waals surface area contributed by atoms with Crippen LogP contribution in [0.2, 0.25) is 0 Å². The largest absolute Gasteiger partial charge is 0.497 e. The number of nitrogens with two attached hydrogens (primary N) is 1. The summed E-state index contributed by atoms with van der Waals surface area (Å²) in [5, 5.41) is 0. The molecule has 0 saturated heterocycles. The van der Waals surface area contributed by atoms with Crippen LogP contribution in [-0.4, -0.2) is 14.2 Å². The minimum absolute atomic E-state index is 0.122. The molecule has 3 atom stereocenters. The highest BCUT2D eigenvalue weighted by Gasteiger charge is 2.32. The van der Waals surface area contributed by atoms with E-state index in [9.17, 15) is 0 Å². The third kappa shape index (κ3) is 3.07. The molecule has 0 aliphatic heterocycles. The van der Waals surface area contributed by atoms with E-state index in [1.54, 1.807) is 14.2 Å². The molecule has 3 N–H and O–H groups in total. The first-order valence-electron chi connectivity index (χ1n) is 7.41. The van der Waals surface area contributed by atoms with Crippen LogP contribution in [0, 0.1) is 11.8 Å². The van der Waals surface area contributed by atoms with Gasteiger partial charge in [-0.2, -0.15) is 0 Å². The van der Waals surface area contributed by atoms with Gasteiger partial charge < -0.3 is 9.47 Å². The van der Waals surface area contributed by atoms with Crippen molar-refractivity contribution >= 4 is 0 Å². The highest BCUT2D eigenvalue weighted by molar-refractivity contribution is 5.42. The van der Waals surface area contributed by atoms with Gasteiger partial charge in [0.25, 0.3) is 0 Å². The van der Waals surface area contributed by atoms with Gasteiger partial charge in [0, 0.05) is 5.56 Å². The van der Waals surface area contributed by atoms with E-state index in [0.29, 0.717) is 5.92 Å². The molecule has 0 radical (unpaired) electrons. The van der Waals surface area contributed by atoms with E-state index in [4.69, 9.17) is 15.3 Å². The van der Waals surface area contributed by atoms with E-state index in [1.807, 2.05) is 18.2 Å². The molecule has 0 amide bonds. The molecular formula is C16H26N2O2. The summed E-state index contributed by atoms with van der Waals surface area (Å²) in [6, 6.07) is 6.02. The Morgan fingerprint density at radius 2 is 2.10 bits per heavy atom. The normalized spacial score (nSPS) is 23.6. The van der Waals surface area contributed by atoms with Gasteiger partial charge in [-0.15, -0.1) is 0 Å². The maximum absolute atomic E-state index is 5.84. The van der Waals surface area contributed by atoms with Crippen LogP contribution in [0.4, 0.5) is 0 Å². The number of ether oxygens (including phenoxy) is 2. The van der Waals surface area contributed by atoms with Crippen LogP contribution in [0.5, 0.6) is 11.5 Å². The van der Waals surface area contributed by atoms with E-state index in [1.165, 1.54) is 25.7 Å². The molecular weight excluding hydrogens is 252 g/mol. The van der Waals surface area contributed by atoms with Gasteiger partial charge in [0.05, 0.1) is 20.3 Å². The quantitative estimate of drug-likeness (QED) is 0.620. The van der Waals surface area contributed by atoms with Crippen LogP contribution in [0.15, 0.2) is 18.2 Å². The fraction of sp³-hybridized carbons (Fsp3) is 0.625. The number of methoxy groups -OCH3 is 2. The zero-order valence-corrected chi connectivity index (χ0v) is 12.7. The lowest BCUT2D eigenvalue weighted by molar-refractivity contribution is 0.336. The third-order valence-corrected chi connectivity index (χ3v) is 4.58. The van der Waals surface area contributed by atoms with Crippen LogP contribution in [-0.2, 0) is 0 Å². The number of hydrazine groups is 1. The van der Waals surface area contributed by atoms with Gasteiger partial charge in [-0.3, -0.25) is 11.3 Å². The summed E-state index contributed by atoms with van der Waals surface area (Å²) in [7, 11) is 3.38. The molecule has 0 heterocycles. The number of hydrogen-bond acceptors (Lipinski definition) is 4. The van der Waals surface area contributed by atoms with Crippen LogP contribution < -0.4 is 20.7 Å². The summed E-state index contributed by atoms with van der Waals surface area (Å²) >= 11 is 0. The molecule has 4 heteroatoms. The highest BCUT2D eigenvalue weighted by Crippen LogP contribution is 2.42. The second kappa shape index (κ2) is 6.95. The Bertz CT molecular complexity index is 436. The van der Waals surface area contributed by atoms with E-state index in [-0.39, 0.29) is 6.04 Å². The summed E-state index contributed by atoms with van der Waals surface area (Å²) in [5.41, 5.74) is 4.09. The van der Waals surface area contributed by atoms with Crippen molar-refractivity contribution in [3.05, 3.63) is 23.8 Å². The lowest BCUT2D eigenvalue weighted by Gasteiger charge is -2.25. The molecule has 112 valence electrons. The van der Waals surface area contributed by atoms with Crippen molar-refractivity contribution < 1.29 is 9.47 Å². The van der Waals surface area contributed by atoms with E-state index >= 15 is 0 Å². The van der Waals surface area contributed by atoms with Crippen molar-refractivity contribution in [2.75, 3.05) is 14.2 Å². The first-order valence-corrected chi connectivity index (χ1v) is 7.41. The predicted molar refractivity (Wildman–Crippen MR) is 80.7 cm³/mol. The molecule has 1 aliphatic rings. The Morgan fingerprint density at radius 1 is 1.30 bits per heavy atom. The van der Waals surface area contributed by atoms with Crippen molar-refractivity contribution in [1.82, 2.24) is 5.43 Å². The molecule has 1 saturated carbocycles. The van der Waals surface area contributed by atoms with Gasteiger partial charge in [0.2, 0.25) is 0 Å². The number of nitrogens with one attached hydrogen (secondary N) is 1. The second-order valence-electron chi connectivity index (χ2n) is 5.60. The summed E-state index contributed by atoms with van der Waals surface area (Å²) in [6.07, 6.45) is 4.99. The standard InChI is InChI=1S/C16H26N2O2/c1-4-11-5-6-12(9-11)16(18-17)14-10-13(19-2)7-8-15(14)20-3/h7-8,10-12,16,18H,4-6,9,17H2,1-3H3. The fourth-order valence-corrected chi connectivity index (χ4v) is 3.35. The monoisotopic (exact) mass is 278 g/mol. The van der Waals surface area contributed by atoms with Gasteiger partial charge in [-0.05, 0) is 42.9 Å². The minimum Gasteiger partial charge on any atom is -0.497 e. The van der Waals surface area contributed by atoms with Crippen molar-refractivity contribution in [2.24, 2.45) is 17.7 Å². The molecule has 3 unspecified atom stereocenters. The zero-order valence-electron chi connectivity index (χ0n) is 12.7. The molecule has 1 aliphatic carbocycles. The summed E-state index contributed by atoms with van der Waals surface area (Å²) < 4.78 is 10.8. The molecule has 1 aromatic rings. The number of rotatable bonds is 6. The molecule has 0 aromatic heterocycles. The number of benzene rings is 1. The summed E-state index contributed by atoms with van der Waals surface area (Å²) in [6.45, 7) is 2.27. The first kappa shape index (κ1) is 15.1. The molecule has 1 fully saturated rings. The Hall–Kier alpha value is -1.26. The summed E-state index contributed by atoms with van der Waals surface area (Å²) in [5.74, 6) is 8.94. The third-order valence-electron chi connectivity index (χ3n) is 4.58. The van der Waals surface area contributed by atoms with Gasteiger partial charge in [-0.1, -0.05) is 19.8 Å². The second-order valence-corrected chi connectivity index (χ2v) is 5.60. The molecule has 0 bridgehead atoms. The van der Waals surface area contributed by atoms with Crippen LogP contribution in [0.25, 0.3) is 0 Å². The smallest absolute Gasteiger partial charge is 0.123 e.